The van der Waals surface area contributed by atoms with Gasteiger partial charge in [0.25, 0.3) is 0 Å². The standard InChI is InChI=1S/C18H17BrClN3O4/c1-2-27-15-8-11(7-12(19)18(15)26)10-21-23-17(25)9-16(24)22-14-6-4-3-5-13(14)20/h3-8,10,26H,2,9H2,1H3,(H,22,24)(H,23,25). The lowest BCUT2D eigenvalue weighted by molar-refractivity contribution is -0.126. The van der Waals surface area contributed by atoms with Crippen molar-refractivity contribution in [3.05, 3.63) is 51.5 Å². The lowest BCUT2D eigenvalue weighted by Crippen LogP contribution is -2.24. The van der Waals surface area contributed by atoms with Crippen molar-refractivity contribution in [3.8, 4) is 11.5 Å². The molecule has 0 unspecified atom stereocenters. The highest BCUT2D eigenvalue weighted by atomic mass is 79.9. The van der Waals surface area contributed by atoms with Gasteiger partial charge >= 0.3 is 0 Å². The van der Waals surface area contributed by atoms with Gasteiger partial charge in [-0.2, -0.15) is 5.10 Å². The van der Waals surface area contributed by atoms with Gasteiger partial charge in [-0.3, -0.25) is 9.59 Å². The lowest BCUT2D eigenvalue weighted by Gasteiger charge is -2.08. The second-order valence-corrected chi connectivity index (χ2v) is 6.54. The van der Waals surface area contributed by atoms with E-state index < -0.39 is 18.2 Å². The van der Waals surface area contributed by atoms with Crippen LogP contribution in [-0.2, 0) is 9.59 Å². The van der Waals surface area contributed by atoms with Crippen LogP contribution in [0.4, 0.5) is 5.69 Å². The van der Waals surface area contributed by atoms with Gasteiger partial charge in [0.2, 0.25) is 11.8 Å². The first-order chi connectivity index (χ1) is 12.9. The van der Waals surface area contributed by atoms with E-state index in [0.717, 1.165) is 0 Å². The van der Waals surface area contributed by atoms with Gasteiger partial charge in [0.1, 0.15) is 6.42 Å². The molecule has 2 aromatic carbocycles. The Morgan fingerprint density at radius 3 is 2.74 bits per heavy atom. The highest BCUT2D eigenvalue weighted by Gasteiger charge is 2.11. The molecule has 2 amide bonds. The second-order valence-electron chi connectivity index (χ2n) is 5.28. The number of phenolic OH excluding ortho intramolecular Hbond substituents is 1. The molecule has 0 spiro atoms. The molecule has 3 N–H and O–H groups in total. The maximum Gasteiger partial charge on any atom is 0.249 e. The van der Waals surface area contributed by atoms with Crippen LogP contribution in [0.15, 0.2) is 46.0 Å². The number of nitrogens with one attached hydrogen (secondary N) is 2. The number of amides is 2. The predicted molar refractivity (Wildman–Crippen MR) is 107 cm³/mol. The second kappa shape index (κ2) is 9.94. The molecule has 0 saturated heterocycles. The van der Waals surface area contributed by atoms with Gasteiger partial charge in [-0.15, -0.1) is 0 Å². The number of halogens is 2. The molecule has 142 valence electrons. The number of rotatable bonds is 7. The average molecular weight is 455 g/mol. The third kappa shape index (κ3) is 6.26. The molecule has 0 aliphatic carbocycles. The normalized spacial score (nSPS) is 10.6. The van der Waals surface area contributed by atoms with E-state index in [2.05, 4.69) is 31.8 Å². The van der Waals surface area contributed by atoms with E-state index in [4.69, 9.17) is 16.3 Å². The number of hydrogen-bond donors (Lipinski definition) is 3. The zero-order chi connectivity index (χ0) is 19.8. The lowest BCUT2D eigenvalue weighted by atomic mass is 10.2. The highest BCUT2D eigenvalue weighted by molar-refractivity contribution is 9.10. The van der Waals surface area contributed by atoms with Gasteiger partial charge in [0.15, 0.2) is 11.5 Å². The largest absolute Gasteiger partial charge is 0.503 e. The van der Waals surface area contributed by atoms with Crippen molar-refractivity contribution in [3.63, 3.8) is 0 Å². The van der Waals surface area contributed by atoms with Crippen LogP contribution in [0.25, 0.3) is 0 Å². The number of nitrogens with zero attached hydrogens (tertiary/aromatic N) is 1. The third-order valence-corrected chi connectivity index (χ3v) is 4.16. The average Bonchev–Trinajstić information content (AvgIpc) is 2.61. The fourth-order valence-electron chi connectivity index (χ4n) is 2.05. The van der Waals surface area contributed by atoms with E-state index >= 15 is 0 Å². The Kier molecular flexibility index (Phi) is 7.63. The molecule has 0 heterocycles. The fourth-order valence-corrected chi connectivity index (χ4v) is 2.70. The Labute approximate surface area is 169 Å². The third-order valence-electron chi connectivity index (χ3n) is 3.22. The molecular formula is C18H17BrClN3O4. The molecule has 0 fully saturated rings. The van der Waals surface area contributed by atoms with Crippen LogP contribution in [0.5, 0.6) is 11.5 Å². The van der Waals surface area contributed by atoms with Crippen molar-refractivity contribution in [1.29, 1.82) is 0 Å². The summed E-state index contributed by atoms with van der Waals surface area (Å²) in [5.41, 5.74) is 3.28. The molecule has 7 nitrogen and oxygen atoms in total. The summed E-state index contributed by atoms with van der Waals surface area (Å²) in [5, 5.41) is 16.6. The van der Waals surface area contributed by atoms with Crippen LogP contribution in [-0.4, -0.2) is 29.7 Å². The van der Waals surface area contributed by atoms with Gasteiger partial charge in [0, 0.05) is 0 Å². The zero-order valence-electron chi connectivity index (χ0n) is 14.3. The molecule has 0 aliphatic heterocycles. The summed E-state index contributed by atoms with van der Waals surface area (Å²) in [4.78, 5) is 23.7. The summed E-state index contributed by atoms with van der Waals surface area (Å²) in [5.74, 6) is -0.825. The van der Waals surface area contributed by atoms with Crippen molar-refractivity contribution >= 4 is 51.2 Å². The molecule has 27 heavy (non-hydrogen) atoms. The smallest absolute Gasteiger partial charge is 0.249 e. The number of ether oxygens (including phenoxy) is 1. The summed E-state index contributed by atoms with van der Waals surface area (Å²) in [7, 11) is 0. The topological polar surface area (TPSA) is 100 Å². The molecule has 0 atom stereocenters. The summed E-state index contributed by atoms with van der Waals surface area (Å²) < 4.78 is 5.74. The van der Waals surface area contributed by atoms with Crippen molar-refractivity contribution < 1.29 is 19.4 Å². The number of anilines is 1. The summed E-state index contributed by atoms with van der Waals surface area (Å²) >= 11 is 9.16. The number of benzene rings is 2. The molecule has 9 heteroatoms. The van der Waals surface area contributed by atoms with E-state index in [0.29, 0.717) is 33.1 Å². The van der Waals surface area contributed by atoms with Gasteiger partial charge in [-0.1, -0.05) is 23.7 Å². The SMILES string of the molecule is CCOc1cc(C=NNC(=O)CC(=O)Nc2ccccc2Cl)cc(Br)c1O. The number of carbonyl (C=O) groups is 2. The van der Waals surface area contributed by atoms with Crippen LogP contribution >= 0.6 is 27.5 Å². The predicted octanol–water partition coefficient (Wildman–Crippen LogP) is 3.69. The number of hydrazone groups is 1. The molecule has 0 aliphatic rings. The van der Waals surface area contributed by atoms with Crippen LogP contribution in [0.2, 0.25) is 5.02 Å². The van der Waals surface area contributed by atoms with E-state index in [1.165, 1.54) is 6.21 Å². The Hall–Kier alpha value is -2.58. The molecule has 0 radical (unpaired) electrons. The number of aromatic hydroxyl groups is 1. The van der Waals surface area contributed by atoms with Crippen molar-refractivity contribution in [1.82, 2.24) is 5.43 Å². The maximum atomic E-state index is 11.9. The summed E-state index contributed by atoms with van der Waals surface area (Å²) in [6, 6.07) is 9.90. The van der Waals surface area contributed by atoms with Crippen LogP contribution in [0.3, 0.4) is 0 Å². The quantitative estimate of drug-likeness (QED) is 0.337. The van der Waals surface area contributed by atoms with E-state index in [9.17, 15) is 14.7 Å². The number of carbonyl (C=O) groups excluding carboxylic acids is 2. The molecule has 2 aromatic rings. The van der Waals surface area contributed by atoms with E-state index in [-0.39, 0.29) is 5.75 Å². The zero-order valence-corrected chi connectivity index (χ0v) is 16.7. The van der Waals surface area contributed by atoms with Crippen molar-refractivity contribution in [2.24, 2.45) is 5.10 Å². The highest BCUT2D eigenvalue weighted by Crippen LogP contribution is 2.35. The number of phenols is 1. The van der Waals surface area contributed by atoms with E-state index in [1.54, 1.807) is 43.3 Å². The van der Waals surface area contributed by atoms with Gasteiger partial charge in [-0.25, -0.2) is 5.43 Å². The van der Waals surface area contributed by atoms with Crippen molar-refractivity contribution in [2.75, 3.05) is 11.9 Å². The minimum absolute atomic E-state index is 0.0192. The number of para-hydroxylation sites is 1. The first-order valence-electron chi connectivity index (χ1n) is 7.92. The number of hydrogen-bond acceptors (Lipinski definition) is 5. The van der Waals surface area contributed by atoms with Crippen LogP contribution < -0.4 is 15.5 Å². The minimum Gasteiger partial charge on any atom is -0.503 e. The van der Waals surface area contributed by atoms with E-state index in [1.807, 2.05) is 0 Å². The van der Waals surface area contributed by atoms with Gasteiger partial charge in [-0.05, 0) is 52.7 Å². The van der Waals surface area contributed by atoms with Crippen LogP contribution in [0.1, 0.15) is 18.9 Å². The van der Waals surface area contributed by atoms with Gasteiger partial charge < -0.3 is 15.2 Å². The Balaban J connectivity index is 1.91. The summed E-state index contributed by atoms with van der Waals surface area (Å²) in [6.45, 7) is 2.18. The first-order valence-corrected chi connectivity index (χ1v) is 9.09. The molecule has 2 rings (SSSR count). The van der Waals surface area contributed by atoms with Gasteiger partial charge in [0.05, 0.1) is 28.0 Å². The minimum atomic E-state index is -0.585. The molecule has 0 bridgehead atoms. The molecule has 0 saturated carbocycles. The van der Waals surface area contributed by atoms with Crippen LogP contribution in [0, 0.1) is 0 Å². The Morgan fingerprint density at radius 2 is 2.04 bits per heavy atom. The summed E-state index contributed by atoms with van der Waals surface area (Å²) in [6.07, 6.45) is 0.961. The molecule has 0 aromatic heterocycles. The monoisotopic (exact) mass is 453 g/mol. The maximum absolute atomic E-state index is 11.9. The fraction of sp³-hybridized carbons (Fsp3) is 0.167. The Morgan fingerprint density at radius 1 is 1.30 bits per heavy atom. The Bertz CT molecular complexity index is 874. The van der Waals surface area contributed by atoms with Crippen molar-refractivity contribution in [2.45, 2.75) is 13.3 Å². The first kappa shape index (κ1) is 20.7. The molecular weight excluding hydrogens is 438 g/mol.